The average molecular weight is 406 g/mol. The van der Waals surface area contributed by atoms with Crippen LogP contribution in [0.3, 0.4) is 0 Å². The molecule has 0 unspecified atom stereocenters. The first-order valence-corrected chi connectivity index (χ1v) is 10.8. The zero-order valence-corrected chi connectivity index (χ0v) is 16.9. The first kappa shape index (κ1) is 18.3. The number of carbonyl (C=O) groups excluding carboxylic acids is 1. The van der Waals surface area contributed by atoms with Gasteiger partial charge in [0.25, 0.3) is 5.91 Å². The van der Waals surface area contributed by atoms with Gasteiger partial charge in [-0.25, -0.2) is 4.98 Å². The number of nitrogens with one attached hydrogen (secondary N) is 1. The molecule has 7 heteroatoms. The minimum Gasteiger partial charge on any atom is -0.369 e. The molecule has 3 aromatic rings. The van der Waals surface area contributed by atoms with Gasteiger partial charge in [0.05, 0.1) is 24.5 Å². The molecule has 6 nitrogen and oxygen atoms in total. The van der Waals surface area contributed by atoms with Gasteiger partial charge >= 0.3 is 0 Å². The number of para-hydroxylation sites is 2. The Labute approximate surface area is 174 Å². The van der Waals surface area contributed by atoms with Crippen molar-refractivity contribution in [2.75, 3.05) is 23.3 Å². The number of hydrogen-bond donors (Lipinski definition) is 1. The number of nitrogens with zero attached hydrogens (tertiary/aromatic N) is 4. The third-order valence-corrected chi connectivity index (χ3v) is 6.60. The van der Waals surface area contributed by atoms with E-state index in [9.17, 15) is 4.79 Å². The standard InChI is InChI=1S/C22H23N5OS/c28-21-22(7-11-26(12-8-22)16-20-24-10-13-29-20)25-18-5-1-2-6-19(18)27(21)15-17-4-3-9-23-14-17/h1-6,9-10,13-14,25H,7-8,11-12,15-16H2. The molecular weight excluding hydrogens is 382 g/mol. The first-order chi connectivity index (χ1) is 14.2. The van der Waals surface area contributed by atoms with E-state index in [1.54, 1.807) is 17.5 Å². The van der Waals surface area contributed by atoms with Crippen molar-refractivity contribution in [2.24, 2.45) is 0 Å². The van der Waals surface area contributed by atoms with Crippen molar-refractivity contribution in [3.8, 4) is 0 Å². The topological polar surface area (TPSA) is 61.4 Å². The summed E-state index contributed by atoms with van der Waals surface area (Å²) in [5.41, 5.74) is 2.46. The lowest BCUT2D eigenvalue weighted by Crippen LogP contribution is -2.61. The summed E-state index contributed by atoms with van der Waals surface area (Å²) in [4.78, 5) is 26.6. The highest BCUT2D eigenvalue weighted by molar-refractivity contribution is 7.09. The minimum absolute atomic E-state index is 0.161. The van der Waals surface area contributed by atoms with Crippen LogP contribution in [0.4, 0.5) is 11.4 Å². The smallest absolute Gasteiger partial charge is 0.253 e. The summed E-state index contributed by atoms with van der Waals surface area (Å²) >= 11 is 1.69. The van der Waals surface area contributed by atoms with Crippen LogP contribution in [0.5, 0.6) is 0 Å². The van der Waals surface area contributed by atoms with E-state index < -0.39 is 5.54 Å². The highest BCUT2D eigenvalue weighted by Crippen LogP contribution is 2.40. The summed E-state index contributed by atoms with van der Waals surface area (Å²) < 4.78 is 0. The normalized spacial score (nSPS) is 18.5. The molecule has 1 fully saturated rings. The second kappa shape index (κ2) is 7.57. The number of piperidine rings is 1. The van der Waals surface area contributed by atoms with Crippen LogP contribution in [0.25, 0.3) is 0 Å². The fourth-order valence-electron chi connectivity index (χ4n) is 4.28. The number of benzene rings is 1. The van der Waals surface area contributed by atoms with E-state index in [-0.39, 0.29) is 5.91 Å². The highest BCUT2D eigenvalue weighted by Gasteiger charge is 2.47. The van der Waals surface area contributed by atoms with E-state index in [0.29, 0.717) is 6.54 Å². The molecule has 4 heterocycles. The number of carbonyl (C=O) groups is 1. The second-order valence-corrected chi connectivity index (χ2v) is 8.66. The molecule has 1 spiro atoms. The van der Waals surface area contributed by atoms with Gasteiger partial charge in [-0.15, -0.1) is 11.3 Å². The molecule has 2 aliphatic heterocycles. The Morgan fingerprint density at radius 3 is 2.69 bits per heavy atom. The monoisotopic (exact) mass is 405 g/mol. The number of pyridine rings is 1. The fourth-order valence-corrected chi connectivity index (χ4v) is 4.94. The molecule has 0 aliphatic carbocycles. The van der Waals surface area contributed by atoms with Gasteiger partial charge in [0.1, 0.15) is 10.5 Å². The SMILES string of the molecule is O=C1N(Cc2cccnc2)c2ccccc2NC12CCN(Cc1nccs1)CC2. The van der Waals surface area contributed by atoms with Crippen LogP contribution in [-0.4, -0.2) is 39.4 Å². The van der Waals surface area contributed by atoms with Gasteiger partial charge in [0.15, 0.2) is 0 Å². The molecule has 5 rings (SSSR count). The van der Waals surface area contributed by atoms with E-state index in [2.05, 4.69) is 26.3 Å². The van der Waals surface area contributed by atoms with E-state index >= 15 is 0 Å². The predicted molar refractivity (Wildman–Crippen MR) is 115 cm³/mol. The van der Waals surface area contributed by atoms with Crippen LogP contribution in [0, 0.1) is 0 Å². The van der Waals surface area contributed by atoms with Crippen molar-refractivity contribution < 1.29 is 4.79 Å². The average Bonchev–Trinajstić information content (AvgIpc) is 3.27. The first-order valence-electron chi connectivity index (χ1n) is 9.92. The Morgan fingerprint density at radius 2 is 1.93 bits per heavy atom. The zero-order valence-electron chi connectivity index (χ0n) is 16.1. The van der Waals surface area contributed by atoms with E-state index in [0.717, 1.165) is 54.4 Å². The fraction of sp³-hybridized carbons (Fsp3) is 0.318. The zero-order chi connectivity index (χ0) is 19.7. The number of anilines is 2. The highest BCUT2D eigenvalue weighted by atomic mass is 32.1. The maximum atomic E-state index is 13.7. The van der Waals surface area contributed by atoms with Crippen LogP contribution in [-0.2, 0) is 17.9 Å². The second-order valence-electron chi connectivity index (χ2n) is 7.68. The molecule has 148 valence electrons. The minimum atomic E-state index is -0.546. The van der Waals surface area contributed by atoms with Gasteiger partial charge in [-0.05, 0) is 36.6 Å². The van der Waals surface area contributed by atoms with Gasteiger partial charge in [0, 0.05) is 37.1 Å². The molecule has 0 radical (unpaired) electrons. The molecule has 0 bridgehead atoms. The quantitative estimate of drug-likeness (QED) is 0.720. The number of likely N-dealkylation sites (tertiary alicyclic amines) is 1. The summed E-state index contributed by atoms with van der Waals surface area (Å²) in [7, 11) is 0. The maximum absolute atomic E-state index is 13.7. The molecule has 1 aromatic carbocycles. The van der Waals surface area contributed by atoms with E-state index in [4.69, 9.17) is 0 Å². The molecule has 1 saturated heterocycles. The molecule has 0 saturated carbocycles. The lowest BCUT2D eigenvalue weighted by molar-refractivity contribution is -0.125. The molecule has 29 heavy (non-hydrogen) atoms. The van der Waals surface area contributed by atoms with Crippen LogP contribution >= 0.6 is 11.3 Å². The van der Waals surface area contributed by atoms with Crippen molar-refractivity contribution in [1.82, 2.24) is 14.9 Å². The molecule has 1 amide bonds. The van der Waals surface area contributed by atoms with Crippen molar-refractivity contribution in [3.05, 3.63) is 70.9 Å². The van der Waals surface area contributed by atoms with Crippen LogP contribution in [0.2, 0.25) is 0 Å². The van der Waals surface area contributed by atoms with Crippen LogP contribution in [0.1, 0.15) is 23.4 Å². The van der Waals surface area contributed by atoms with Crippen LogP contribution < -0.4 is 10.2 Å². The molecule has 2 aliphatic rings. The third-order valence-electron chi connectivity index (χ3n) is 5.84. The van der Waals surface area contributed by atoms with Crippen molar-refractivity contribution >= 4 is 28.6 Å². The van der Waals surface area contributed by atoms with Crippen LogP contribution in [0.15, 0.2) is 60.4 Å². The van der Waals surface area contributed by atoms with Gasteiger partial charge in [-0.3, -0.25) is 14.7 Å². The lowest BCUT2D eigenvalue weighted by atomic mass is 9.83. The van der Waals surface area contributed by atoms with Gasteiger partial charge < -0.3 is 10.2 Å². The van der Waals surface area contributed by atoms with Gasteiger partial charge in [-0.2, -0.15) is 0 Å². The summed E-state index contributed by atoms with van der Waals surface area (Å²) in [5, 5.41) is 6.76. The number of hydrogen-bond acceptors (Lipinski definition) is 6. The molecule has 1 N–H and O–H groups in total. The Kier molecular flexibility index (Phi) is 4.77. The van der Waals surface area contributed by atoms with E-state index in [1.165, 1.54) is 0 Å². The number of rotatable bonds is 4. The molecule has 0 atom stereocenters. The molecule has 2 aromatic heterocycles. The summed E-state index contributed by atoms with van der Waals surface area (Å²) in [6.45, 7) is 3.15. The Bertz CT molecular complexity index is 983. The maximum Gasteiger partial charge on any atom is 0.253 e. The Balaban J connectivity index is 1.39. The molecular formula is C22H23N5OS. The van der Waals surface area contributed by atoms with Gasteiger partial charge in [-0.1, -0.05) is 18.2 Å². The predicted octanol–water partition coefficient (Wildman–Crippen LogP) is 3.53. The number of thiazole rings is 1. The summed E-state index contributed by atoms with van der Waals surface area (Å²) in [6.07, 6.45) is 7.02. The summed E-state index contributed by atoms with van der Waals surface area (Å²) in [5.74, 6) is 0.161. The van der Waals surface area contributed by atoms with Crippen molar-refractivity contribution in [3.63, 3.8) is 0 Å². The number of aromatic nitrogens is 2. The number of fused-ring (bicyclic) bond motifs is 1. The van der Waals surface area contributed by atoms with Crippen molar-refractivity contribution in [1.29, 1.82) is 0 Å². The van der Waals surface area contributed by atoms with E-state index in [1.807, 2.05) is 53.0 Å². The number of amides is 1. The summed E-state index contributed by atoms with van der Waals surface area (Å²) in [6, 6.07) is 12.0. The van der Waals surface area contributed by atoms with Gasteiger partial charge in [0.2, 0.25) is 0 Å². The largest absolute Gasteiger partial charge is 0.369 e. The Morgan fingerprint density at radius 1 is 1.07 bits per heavy atom. The lowest BCUT2D eigenvalue weighted by Gasteiger charge is -2.47. The van der Waals surface area contributed by atoms with Crippen molar-refractivity contribution in [2.45, 2.75) is 31.5 Å². The third kappa shape index (κ3) is 3.52. The Hall–Kier alpha value is -2.77.